The molecule has 0 spiro atoms. The third-order valence-corrected chi connectivity index (χ3v) is 7.62. The minimum absolute atomic E-state index is 0.0237. The number of aryl methyl sites for hydroxylation is 2. The molecule has 8 nitrogen and oxygen atoms in total. The number of amides is 3. The van der Waals surface area contributed by atoms with Gasteiger partial charge in [-0.3, -0.25) is 9.59 Å². The minimum Gasteiger partial charge on any atom is -0.444 e. The molecule has 0 saturated carbocycles. The van der Waals surface area contributed by atoms with Gasteiger partial charge in [0.05, 0.1) is 5.69 Å². The summed E-state index contributed by atoms with van der Waals surface area (Å²) in [5.74, 6) is -0.208. The highest BCUT2D eigenvalue weighted by Gasteiger charge is 2.31. The molecule has 2 aliphatic rings. The number of rotatable bonds is 3. The summed E-state index contributed by atoms with van der Waals surface area (Å²) in [5, 5.41) is 2.04. The average molecular weight is 513 g/mol. The van der Waals surface area contributed by atoms with Crippen LogP contribution in [0.15, 0.2) is 29.6 Å². The lowest BCUT2D eigenvalue weighted by Gasteiger charge is -2.36. The standard InChI is InChI=1S/C27H36N4O4S/c1-18-17-19(24(32)31-11-6-5-7-22-21(31)10-16-36-22)8-9-20(18)23(28)25(33)29-12-14-30(15-13-29)26(34)35-27(2,3)4/h8-10,16-17,23H,5-7,11-15,28H2,1-4H3. The monoisotopic (exact) mass is 512 g/mol. The number of thiophene rings is 1. The van der Waals surface area contributed by atoms with Crippen molar-refractivity contribution in [3.05, 3.63) is 51.2 Å². The summed E-state index contributed by atoms with van der Waals surface area (Å²) in [6.45, 7) is 9.70. The highest BCUT2D eigenvalue weighted by molar-refractivity contribution is 7.10. The highest BCUT2D eigenvalue weighted by Crippen LogP contribution is 2.32. The zero-order chi connectivity index (χ0) is 26.0. The Labute approximate surface area is 217 Å². The fourth-order valence-corrected chi connectivity index (χ4v) is 5.65. The predicted molar refractivity (Wildman–Crippen MR) is 141 cm³/mol. The maximum atomic E-state index is 13.4. The van der Waals surface area contributed by atoms with Gasteiger partial charge >= 0.3 is 6.09 Å². The van der Waals surface area contributed by atoms with Crippen molar-refractivity contribution in [2.24, 2.45) is 5.73 Å². The van der Waals surface area contributed by atoms with Gasteiger partial charge in [0, 0.05) is 43.2 Å². The molecule has 3 heterocycles. The minimum atomic E-state index is -0.830. The first kappa shape index (κ1) is 26.2. The molecule has 1 atom stereocenters. The molecule has 0 bridgehead atoms. The summed E-state index contributed by atoms with van der Waals surface area (Å²) >= 11 is 1.70. The third-order valence-electron chi connectivity index (χ3n) is 6.65. The molecule has 1 unspecified atom stereocenters. The molecular weight excluding hydrogens is 476 g/mol. The van der Waals surface area contributed by atoms with E-state index in [1.165, 1.54) is 4.88 Å². The number of fused-ring (bicyclic) bond motifs is 1. The summed E-state index contributed by atoms with van der Waals surface area (Å²) in [7, 11) is 0. The molecule has 0 radical (unpaired) electrons. The zero-order valence-corrected chi connectivity index (χ0v) is 22.4. The molecule has 2 aromatic rings. The van der Waals surface area contributed by atoms with Crippen molar-refractivity contribution >= 4 is 34.9 Å². The van der Waals surface area contributed by atoms with E-state index in [1.807, 2.05) is 50.1 Å². The van der Waals surface area contributed by atoms with Crippen LogP contribution in [-0.4, -0.2) is 66.0 Å². The third kappa shape index (κ3) is 5.73. The van der Waals surface area contributed by atoms with Crippen molar-refractivity contribution in [1.82, 2.24) is 9.80 Å². The number of benzene rings is 1. The Morgan fingerprint density at radius 3 is 2.36 bits per heavy atom. The number of carbonyl (C=O) groups is 3. The van der Waals surface area contributed by atoms with Crippen LogP contribution in [0.25, 0.3) is 0 Å². The molecule has 3 amide bonds. The average Bonchev–Trinajstić information content (AvgIpc) is 3.21. The van der Waals surface area contributed by atoms with E-state index >= 15 is 0 Å². The van der Waals surface area contributed by atoms with Crippen molar-refractivity contribution in [3.63, 3.8) is 0 Å². The number of carbonyl (C=O) groups excluding carboxylic acids is 3. The molecule has 36 heavy (non-hydrogen) atoms. The van der Waals surface area contributed by atoms with E-state index in [9.17, 15) is 14.4 Å². The van der Waals surface area contributed by atoms with Crippen LogP contribution < -0.4 is 10.6 Å². The fourth-order valence-electron chi connectivity index (χ4n) is 4.73. The summed E-state index contributed by atoms with van der Waals surface area (Å²) in [4.78, 5) is 45.3. The van der Waals surface area contributed by atoms with Crippen LogP contribution in [-0.2, 0) is 16.0 Å². The van der Waals surface area contributed by atoms with Gasteiger partial charge in [-0.05, 0) is 81.7 Å². The summed E-state index contributed by atoms with van der Waals surface area (Å²) in [6.07, 6.45) is 2.70. The summed E-state index contributed by atoms with van der Waals surface area (Å²) in [5.41, 5.74) is 8.97. The van der Waals surface area contributed by atoms with E-state index in [-0.39, 0.29) is 17.9 Å². The largest absolute Gasteiger partial charge is 0.444 e. The lowest BCUT2D eigenvalue weighted by molar-refractivity contribution is -0.134. The van der Waals surface area contributed by atoms with Crippen LogP contribution in [0.3, 0.4) is 0 Å². The maximum absolute atomic E-state index is 13.4. The van der Waals surface area contributed by atoms with Crippen LogP contribution in [0, 0.1) is 6.92 Å². The molecule has 1 aromatic heterocycles. The molecule has 0 aliphatic carbocycles. The van der Waals surface area contributed by atoms with Gasteiger partial charge in [-0.1, -0.05) is 6.07 Å². The van der Waals surface area contributed by atoms with Gasteiger partial charge in [-0.25, -0.2) is 4.79 Å². The number of piperazine rings is 1. The van der Waals surface area contributed by atoms with Gasteiger partial charge in [0.2, 0.25) is 5.91 Å². The van der Waals surface area contributed by atoms with E-state index < -0.39 is 11.6 Å². The van der Waals surface area contributed by atoms with Gasteiger partial charge < -0.3 is 25.2 Å². The molecule has 1 aromatic carbocycles. The van der Waals surface area contributed by atoms with Crippen molar-refractivity contribution in [3.8, 4) is 0 Å². The first-order valence-electron chi connectivity index (χ1n) is 12.6. The van der Waals surface area contributed by atoms with E-state index in [0.717, 1.165) is 30.5 Å². The number of hydrogen-bond donors (Lipinski definition) is 1. The lowest BCUT2D eigenvalue weighted by atomic mass is 9.97. The second-order valence-electron chi connectivity index (χ2n) is 10.5. The molecule has 194 valence electrons. The fraction of sp³-hybridized carbons (Fsp3) is 0.519. The first-order chi connectivity index (χ1) is 17.0. The molecule has 9 heteroatoms. The molecular formula is C27H36N4O4S. The molecule has 2 N–H and O–H groups in total. The van der Waals surface area contributed by atoms with Crippen LogP contribution in [0.1, 0.15) is 66.0 Å². The second-order valence-corrected chi connectivity index (χ2v) is 11.5. The van der Waals surface area contributed by atoms with Crippen molar-refractivity contribution in [1.29, 1.82) is 0 Å². The Hall–Kier alpha value is -2.91. The number of nitrogens with zero attached hydrogens (tertiary/aromatic N) is 3. The number of nitrogens with two attached hydrogens (primary N) is 1. The Balaban J connectivity index is 1.41. The van der Waals surface area contributed by atoms with Crippen LogP contribution in [0.4, 0.5) is 10.5 Å². The molecule has 1 saturated heterocycles. The zero-order valence-electron chi connectivity index (χ0n) is 21.6. The lowest BCUT2D eigenvalue weighted by Crippen LogP contribution is -2.53. The normalized spacial score (nSPS) is 17.3. The van der Waals surface area contributed by atoms with Gasteiger partial charge in [0.1, 0.15) is 11.6 Å². The number of ether oxygens (including phenoxy) is 1. The van der Waals surface area contributed by atoms with Crippen LogP contribution in [0.5, 0.6) is 0 Å². The van der Waals surface area contributed by atoms with Crippen LogP contribution >= 0.6 is 11.3 Å². The van der Waals surface area contributed by atoms with E-state index in [2.05, 4.69) is 0 Å². The number of anilines is 1. The smallest absolute Gasteiger partial charge is 0.410 e. The molecule has 1 fully saturated rings. The Kier molecular flexibility index (Phi) is 7.70. The van der Waals surface area contributed by atoms with Gasteiger partial charge in [-0.15, -0.1) is 11.3 Å². The predicted octanol–water partition coefficient (Wildman–Crippen LogP) is 4.12. The van der Waals surface area contributed by atoms with Crippen molar-refractivity contribution in [2.45, 2.75) is 58.6 Å². The van der Waals surface area contributed by atoms with Gasteiger partial charge in [-0.2, -0.15) is 0 Å². The quantitative estimate of drug-likeness (QED) is 0.668. The van der Waals surface area contributed by atoms with Gasteiger partial charge in [0.25, 0.3) is 5.91 Å². The van der Waals surface area contributed by atoms with Gasteiger partial charge in [0.15, 0.2) is 0 Å². The maximum Gasteiger partial charge on any atom is 0.410 e. The van der Waals surface area contributed by atoms with E-state index in [4.69, 9.17) is 10.5 Å². The Bertz CT molecular complexity index is 1130. The van der Waals surface area contributed by atoms with Crippen molar-refractivity contribution in [2.75, 3.05) is 37.6 Å². The van der Waals surface area contributed by atoms with E-state index in [0.29, 0.717) is 43.9 Å². The van der Waals surface area contributed by atoms with Crippen LogP contribution in [0.2, 0.25) is 0 Å². The highest BCUT2D eigenvalue weighted by atomic mass is 32.1. The Morgan fingerprint density at radius 1 is 1.00 bits per heavy atom. The molecule has 4 rings (SSSR count). The number of hydrogen-bond acceptors (Lipinski definition) is 6. The van der Waals surface area contributed by atoms with E-state index in [1.54, 1.807) is 33.3 Å². The Morgan fingerprint density at radius 2 is 1.69 bits per heavy atom. The first-order valence-corrected chi connectivity index (χ1v) is 13.4. The second kappa shape index (κ2) is 10.6. The summed E-state index contributed by atoms with van der Waals surface area (Å²) < 4.78 is 5.43. The molecule has 2 aliphatic heterocycles. The topological polar surface area (TPSA) is 96.2 Å². The summed E-state index contributed by atoms with van der Waals surface area (Å²) in [6, 6.07) is 6.61. The van der Waals surface area contributed by atoms with Crippen molar-refractivity contribution < 1.29 is 19.1 Å². The SMILES string of the molecule is Cc1cc(C(=O)N2CCCCc3sccc32)ccc1C(N)C(=O)N1CCN(C(=O)OC(C)(C)C)CC1.